The summed E-state index contributed by atoms with van der Waals surface area (Å²) in [5, 5.41) is 14.9. The zero-order valence-electron chi connectivity index (χ0n) is 19.7. The van der Waals surface area contributed by atoms with Crippen LogP contribution in [-0.4, -0.2) is 60.4 Å². The number of aliphatic hydroxyl groups is 1. The number of rotatable bonds is 8. The van der Waals surface area contributed by atoms with Crippen LogP contribution in [0.1, 0.15) is 31.7 Å². The zero-order valence-corrected chi connectivity index (χ0v) is 20.4. The Balaban J connectivity index is 1.85. The van der Waals surface area contributed by atoms with Gasteiger partial charge < -0.3 is 19.5 Å². The molecule has 1 aliphatic heterocycles. The molecule has 2 aromatic carbocycles. The summed E-state index contributed by atoms with van der Waals surface area (Å²) in [7, 11) is 1.67. The third-order valence-corrected chi connectivity index (χ3v) is 6.93. The number of ether oxygens (including phenoxy) is 2. The van der Waals surface area contributed by atoms with Crippen LogP contribution < -0.4 is 0 Å². The van der Waals surface area contributed by atoms with E-state index in [0.29, 0.717) is 43.3 Å². The van der Waals surface area contributed by atoms with Gasteiger partial charge in [-0.05, 0) is 36.3 Å². The Bertz CT molecular complexity index is 1150. The van der Waals surface area contributed by atoms with Crippen molar-refractivity contribution in [3.8, 4) is 11.1 Å². The number of morpholine rings is 1. The van der Waals surface area contributed by atoms with Crippen LogP contribution in [0.2, 0.25) is 5.02 Å². The number of amides is 1. The lowest BCUT2D eigenvalue weighted by Gasteiger charge is -2.43. The molecular formula is C27H31ClN2O4. The van der Waals surface area contributed by atoms with Crippen LogP contribution >= 0.6 is 11.6 Å². The lowest BCUT2D eigenvalue weighted by molar-refractivity contribution is -0.163. The van der Waals surface area contributed by atoms with Gasteiger partial charge in [0.2, 0.25) is 5.91 Å². The molecule has 34 heavy (non-hydrogen) atoms. The van der Waals surface area contributed by atoms with Crippen LogP contribution in [0.3, 0.4) is 0 Å². The highest BCUT2D eigenvalue weighted by Crippen LogP contribution is 2.44. The van der Waals surface area contributed by atoms with E-state index >= 15 is 0 Å². The average molecular weight is 483 g/mol. The summed E-state index contributed by atoms with van der Waals surface area (Å²) in [6.07, 6.45) is 4.99. The van der Waals surface area contributed by atoms with E-state index in [0.717, 1.165) is 34.7 Å². The molecule has 2 atom stereocenters. The standard InChI is InChI=1S/C27H31ClN2O4/c1-19(31)30-13-15-34-25(18-30)27(32,12-5-6-14-33-2)23-10-7-11-24(28)26(23)22-17-29-16-20-8-3-4-9-21(20)22/h3-4,7-11,16-17,25,32H,5-6,12-15,18H2,1-2H3/t25-,27-/m1/s1. The van der Waals surface area contributed by atoms with E-state index in [9.17, 15) is 9.90 Å². The van der Waals surface area contributed by atoms with Crippen LogP contribution in [0.25, 0.3) is 21.9 Å². The summed E-state index contributed by atoms with van der Waals surface area (Å²) in [5.41, 5.74) is 0.921. The maximum absolute atomic E-state index is 12.4. The van der Waals surface area contributed by atoms with Crippen molar-refractivity contribution in [3.63, 3.8) is 0 Å². The Labute approximate surface area is 205 Å². The van der Waals surface area contributed by atoms with Crippen molar-refractivity contribution < 1.29 is 19.4 Å². The van der Waals surface area contributed by atoms with Gasteiger partial charge in [0.05, 0.1) is 13.2 Å². The molecule has 1 fully saturated rings. The summed E-state index contributed by atoms with van der Waals surface area (Å²) >= 11 is 6.81. The highest BCUT2D eigenvalue weighted by molar-refractivity contribution is 6.34. The highest BCUT2D eigenvalue weighted by atomic mass is 35.5. The monoisotopic (exact) mass is 482 g/mol. The Hall–Kier alpha value is -2.51. The van der Waals surface area contributed by atoms with Crippen molar-refractivity contribution in [1.82, 2.24) is 9.88 Å². The first-order chi connectivity index (χ1) is 16.5. The molecule has 1 aromatic heterocycles. The molecule has 0 saturated carbocycles. The van der Waals surface area contributed by atoms with Gasteiger partial charge in [0, 0.05) is 61.1 Å². The first-order valence-corrected chi connectivity index (χ1v) is 12.0. The van der Waals surface area contributed by atoms with E-state index < -0.39 is 11.7 Å². The summed E-state index contributed by atoms with van der Waals surface area (Å²) < 4.78 is 11.3. The van der Waals surface area contributed by atoms with Gasteiger partial charge in [0.25, 0.3) is 0 Å². The SMILES string of the molecule is COCCCC[C@@](O)(c1cccc(Cl)c1-c1cncc2ccccc12)[C@H]1CN(C(C)=O)CCO1. The van der Waals surface area contributed by atoms with Gasteiger partial charge in [0.1, 0.15) is 11.7 Å². The van der Waals surface area contributed by atoms with Gasteiger partial charge in [0.15, 0.2) is 0 Å². The van der Waals surface area contributed by atoms with Crippen LogP contribution in [0.4, 0.5) is 0 Å². The molecule has 0 spiro atoms. The topological polar surface area (TPSA) is 71.9 Å². The van der Waals surface area contributed by atoms with E-state index in [1.54, 1.807) is 25.1 Å². The fourth-order valence-corrected chi connectivity index (χ4v) is 5.08. The number of hydrogen-bond acceptors (Lipinski definition) is 5. The van der Waals surface area contributed by atoms with E-state index in [1.807, 2.05) is 48.7 Å². The molecule has 0 unspecified atom stereocenters. The molecule has 2 heterocycles. The lowest BCUT2D eigenvalue weighted by Crippen LogP contribution is -2.54. The molecule has 1 saturated heterocycles. The first kappa shape index (κ1) is 24.6. The van der Waals surface area contributed by atoms with Crippen molar-refractivity contribution in [2.24, 2.45) is 0 Å². The Morgan fingerprint density at radius 3 is 2.85 bits per heavy atom. The van der Waals surface area contributed by atoms with Gasteiger partial charge >= 0.3 is 0 Å². The van der Waals surface area contributed by atoms with Gasteiger partial charge in [-0.15, -0.1) is 0 Å². The molecule has 1 N–H and O–H groups in total. The third kappa shape index (κ3) is 4.96. The van der Waals surface area contributed by atoms with Crippen LogP contribution in [0, 0.1) is 0 Å². The maximum Gasteiger partial charge on any atom is 0.219 e. The van der Waals surface area contributed by atoms with E-state index in [-0.39, 0.29) is 5.91 Å². The minimum Gasteiger partial charge on any atom is -0.385 e. The second kappa shape index (κ2) is 10.8. The Morgan fingerprint density at radius 1 is 1.24 bits per heavy atom. The molecule has 7 heteroatoms. The molecule has 1 aliphatic rings. The van der Waals surface area contributed by atoms with Gasteiger partial charge in [-0.3, -0.25) is 9.78 Å². The number of fused-ring (bicyclic) bond motifs is 1. The Morgan fingerprint density at radius 2 is 2.06 bits per heavy atom. The quantitative estimate of drug-likeness (QED) is 0.466. The number of methoxy groups -OCH3 is 1. The van der Waals surface area contributed by atoms with E-state index in [4.69, 9.17) is 21.1 Å². The second-order valence-electron chi connectivity index (χ2n) is 8.77. The van der Waals surface area contributed by atoms with Crippen molar-refractivity contribution in [2.45, 2.75) is 37.9 Å². The van der Waals surface area contributed by atoms with Crippen molar-refractivity contribution in [1.29, 1.82) is 0 Å². The fraction of sp³-hybridized carbons (Fsp3) is 0.407. The number of carbonyl (C=O) groups excluding carboxylic acids is 1. The van der Waals surface area contributed by atoms with Gasteiger partial charge in [-0.1, -0.05) is 48.0 Å². The summed E-state index contributed by atoms with van der Waals surface area (Å²) in [6, 6.07) is 13.6. The van der Waals surface area contributed by atoms with Crippen LogP contribution in [0.15, 0.2) is 54.9 Å². The van der Waals surface area contributed by atoms with Crippen LogP contribution in [0.5, 0.6) is 0 Å². The second-order valence-corrected chi connectivity index (χ2v) is 9.18. The van der Waals surface area contributed by atoms with Crippen molar-refractivity contribution in [2.75, 3.05) is 33.4 Å². The normalized spacial score (nSPS) is 18.1. The molecule has 0 bridgehead atoms. The number of carbonyl (C=O) groups is 1. The Kier molecular flexibility index (Phi) is 7.84. The summed E-state index contributed by atoms with van der Waals surface area (Å²) in [6.45, 7) is 3.36. The number of halogens is 1. The number of unbranched alkanes of at least 4 members (excludes halogenated alkanes) is 1. The predicted molar refractivity (Wildman–Crippen MR) is 134 cm³/mol. The smallest absolute Gasteiger partial charge is 0.219 e. The molecule has 3 aromatic rings. The van der Waals surface area contributed by atoms with Gasteiger partial charge in [-0.2, -0.15) is 0 Å². The largest absolute Gasteiger partial charge is 0.385 e. The molecule has 1 amide bonds. The summed E-state index contributed by atoms with van der Waals surface area (Å²) in [4.78, 5) is 18.3. The number of nitrogens with zero attached hydrogens (tertiary/aromatic N) is 2. The highest BCUT2D eigenvalue weighted by Gasteiger charge is 2.44. The zero-order chi connectivity index (χ0) is 24.1. The van der Waals surface area contributed by atoms with E-state index in [2.05, 4.69) is 4.98 Å². The minimum absolute atomic E-state index is 0.0281. The minimum atomic E-state index is -1.36. The van der Waals surface area contributed by atoms with E-state index in [1.165, 1.54) is 0 Å². The average Bonchev–Trinajstić information content (AvgIpc) is 2.86. The molecule has 6 nitrogen and oxygen atoms in total. The molecular weight excluding hydrogens is 452 g/mol. The third-order valence-electron chi connectivity index (χ3n) is 6.62. The number of pyridine rings is 1. The predicted octanol–water partition coefficient (Wildman–Crippen LogP) is 4.81. The number of aromatic nitrogens is 1. The summed E-state index contributed by atoms with van der Waals surface area (Å²) in [5.74, 6) is -0.0281. The molecule has 0 aliphatic carbocycles. The lowest BCUT2D eigenvalue weighted by atomic mass is 9.78. The number of hydrogen-bond donors (Lipinski definition) is 1. The molecule has 0 radical (unpaired) electrons. The molecule has 180 valence electrons. The first-order valence-electron chi connectivity index (χ1n) is 11.7. The number of benzene rings is 2. The fourth-order valence-electron chi connectivity index (χ4n) is 4.81. The van der Waals surface area contributed by atoms with Crippen molar-refractivity contribution >= 4 is 28.3 Å². The van der Waals surface area contributed by atoms with Gasteiger partial charge in [-0.25, -0.2) is 0 Å². The van der Waals surface area contributed by atoms with Crippen LogP contribution in [-0.2, 0) is 19.9 Å². The molecule has 4 rings (SSSR count). The van der Waals surface area contributed by atoms with Crippen molar-refractivity contribution in [3.05, 3.63) is 65.4 Å². The maximum atomic E-state index is 12.4.